The predicted octanol–water partition coefficient (Wildman–Crippen LogP) is 3.91. The van der Waals surface area contributed by atoms with Gasteiger partial charge in [0.15, 0.2) is 5.78 Å². The van der Waals surface area contributed by atoms with Crippen molar-refractivity contribution < 1.29 is 4.79 Å². The Balaban J connectivity index is 1.82. The lowest BCUT2D eigenvalue weighted by molar-refractivity contribution is 0.103. The smallest absolute Gasteiger partial charge is 0.195 e. The van der Waals surface area contributed by atoms with E-state index in [2.05, 4.69) is 21.4 Å². The van der Waals surface area contributed by atoms with Gasteiger partial charge < -0.3 is 10.3 Å². The molecule has 1 aliphatic rings. The number of aromatic nitrogens is 2. The van der Waals surface area contributed by atoms with Crippen LogP contribution in [0.15, 0.2) is 55.0 Å². The molecule has 0 saturated carbocycles. The molecular weight excluding hydrogens is 310 g/mol. The van der Waals surface area contributed by atoms with E-state index in [1.165, 1.54) is 0 Å². The van der Waals surface area contributed by atoms with E-state index in [0.717, 1.165) is 45.4 Å². The molecular formula is C21H19N3O. The number of ketones is 1. The fourth-order valence-corrected chi connectivity index (χ4v) is 3.17. The van der Waals surface area contributed by atoms with Crippen molar-refractivity contribution >= 4 is 22.4 Å². The number of aryl methyl sites for hydroxylation is 1. The number of fused-ring (bicyclic) bond motifs is 1. The molecule has 3 heterocycles. The fraction of sp³-hybridized carbons (Fsp3) is 0.143. The van der Waals surface area contributed by atoms with Gasteiger partial charge in [-0.2, -0.15) is 0 Å². The quantitative estimate of drug-likeness (QED) is 0.716. The number of carbonyl (C=O) groups excluding carboxylic acids is 1. The van der Waals surface area contributed by atoms with Crippen molar-refractivity contribution in [3.63, 3.8) is 0 Å². The van der Waals surface area contributed by atoms with Crippen molar-refractivity contribution in [2.24, 2.45) is 0 Å². The molecule has 4 heteroatoms. The first-order valence-electron chi connectivity index (χ1n) is 8.32. The summed E-state index contributed by atoms with van der Waals surface area (Å²) in [4.78, 5) is 20.7. The highest BCUT2D eigenvalue weighted by atomic mass is 16.1. The van der Waals surface area contributed by atoms with Gasteiger partial charge in [-0.3, -0.25) is 4.79 Å². The van der Waals surface area contributed by atoms with Gasteiger partial charge in [0.2, 0.25) is 0 Å². The van der Waals surface area contributed by atoms with E-state index < -0.39 is 0 Å². The third-order valence-electron chi connectivity index (χ3n) is 4.80. The van der Waals surface area contributed by atoms with E-state index in [-0.39, 0.29) is 5.78 Å². The summed E-state index contributed by atoms with van der Waals surface area (Å²) in [5, 5.41) is 4.06. The largest absolute Gasteiger partial charge is 0.387 e. The fourth-order valence-electron chi connectivity index (χ4n) is 3.17. The second kappa shape index (κ2) is 6.06. The molecule has 0 saturated heterocycles. The number of carbonyl (C=O) groups is 1. The van der Waals surface area contributed by atoms with Crippen LogP contribution in [0, 0.1) is 13.8 Å². The number of hydrogen-bond donors (Lipinski definition) is 2. The van der Waals surface area contributed by atoms with Gasteiger partial charge in [-0.25, -0.2) is 4.98 Å². The normalized spacial score (nSPS) is 13.6. The number of dihydropyridines is 1. The van der Waals surface area contributed by atoms with Crippen molar-refractivity contribution in [1.82, 2.24) is 15.3 Å². The number of hydrogen-bond acceptors (Lipinski definition) is 3. The highest BCUT2D eigenvalue weighted by Gasteiger charge is 2.18. The second-order valence-corrected chi connectivity index (χ2v) is 6.33. The molecule has 1 aliphatic heterocycles. The predicted molar refractivity (Wildman–Crippen MR) is 101 cm³/mol. The van der Waals surface area contributed by atoms with E-state index in [1.54, 1.807) is 6.20 Å². The van der Waals surface area contributed by atoms with Crippen LogP contribution in [-0.2, 0) is 0 Å². The summed E-state index contributed by atoms with van der Waals surface area (Å²) in [6.07, 6.45) is 9.57. The van der Waals surface area contributed by atoms with Crippen LogP contribution in [0.3, 0.4) is 0 Å². The summed E-state index contributed by atoms with van der Waals surface area (Å²) in [5.41, 5.74) is 6.47. The van der Waals surface area contributed by atoms with Crippen LogP contribution in [0.1, 0.15) is 32.6 Å². The standard InChI is InChI=1S/C21H19N3O/c1-13-5-3-7-17(14(13)2)20(25)19-12-24-21-18(19)9-16(11-23-21)15-6-4-8-22-10-15/h3-9,11-12,22H,10H2,1-2H3,(H,23,24). The molecule has 0 spiro atoms. The van der Waals surface area contributed by atoms with Crippen LogP contribution in [0.5, 0.6) is 0 Å². The molecule has 25 heavy (non-hydrogen) atoms. The van der Waals surface area contributed by atoms with E-state index in [0.29, 0.717) is 5.56 Å². The van der Waals surface area contributed by atoms with Gasteiger partial charge in [-0.05, 0) is 54.5 Å². The van der Waals surface area contributed by atoms with Crippen LogP contribution < -0.4 is 5.32 Å². The third kappa shape index (κ3) is 2.66. The summed E-state index contributed by atoms with van der Waals surface area (Å²) in [5.74, 6) is 0.0297. The zero-order valence-corrected chi connectivity index (χ0v) is 14.3. The first kappa shape index (κ1) is 15.4. The topological polar surface area (TPSA) is 57.8 Å². The lowest BCUT2D eigenvalue weighted by Crippen LogP contribution is -2.11. The SMILES string of the molecule is Cc1cccc(C(=O)c2c[nH]c3ncc(C4=CC=CNC4)cc23)c1C. The monoisotopic (exact) mass is 329 g/mol. The van der Waals surface area contributed by atoms with Crippen molar-refractivity contribution in [3.8, 4) is 0 Å². The third-order valence-corrected chi connectivity index (χ3v) is 4.80. The summed E-state index contributed by atoms with van der Waals surface area (Å²) < 4.78 is 0. The van der Waals surface area contributed by atoms with Crippen molar-refractivity contribution in [2.45, 2.75) is 13.8 Å². The molecule has 1 aromatic carbocycles. The Morgan fingerprint density at radius 3 is 2.88 bits per heavy atom. The zero-order valence-electron chi connectivity index (χ0n) is 14.3. The molecule has 0 atom stereocenters. The number of aromatic amines is 1. The summed E-state index contributed by atoms with van der Waals surface area (Å²) >= 11 is 0. The van der Waals surface area contributed by atoms with Crippen LogP contribution in [-0.4, -0.2) is 22.3 Å². The zero-order chi connectivity index (χ0) is 17.4. The van der Waals surface area contributed by atoms with Gasteiger partial charge >= 0.3 is 0 Å². The number of nitrogens with zero attached hydrogens (tertiary/aromatic N) is 1. The average molecular weight is 329 g/mol. The van der Waals surface area contributed by atoms with Crippen LogP contribution in [0.2, 0.25) is 0 Å². The van der Waals surface area contributed by atoms with Gasteiger partial charge in [0, 0.05) is 35.5 Å². The number of rotatable bonds is 3. The van der Waals surface area contributed by atoms with Crippen molar-refractivity contribution in [1.29, 1.82) is 0 Å². The Kier molecular flexibility index (Phi) is 3.73. The minimum Gasteiger partial charge on any atom is -0.387 e. The molecule has 0 radical (unpaired) electrons. The van der Waals surface area contributed by atoms with E-state index in [1.807, 2.05) is 56.6 Å². The Morgan fingerprint density at radius 2 is 2.08 bits per heavy atom. The Hall–Kier alpha value is -3.14. The molecule has 2 aromatic heterocycles. The Labute approximate surface area is 146 Å². The molecule has 0 aliphatic carbocycles. The minimum atomic E-state index is 0.0297. The highest BCUT2D eigenvalue weighted by molar-refractivity contribution is 6.16. The molecule has 0 bridgehead atoms. The first-order chi connectivity index (χ1) is 12.1. The molecule has 0 fully saturated rings. The Morgan fingerprint density at radius 1 is 1.20 bits per heavy atom. The molecule has 2 N–H and O–H groups in total. The van der Waals surface area contributed by atoms with Crippen molar-refractivity contribution in [2.75, 3.05) is 6.54 Å². The maximum absolute atomic E-state index is 13.1. The first-order valence-corrected chi connectivity index (χ1v) is 8.32. The lowest BCUT2D eigenvalue weighted by Gasteiger charge is -2.11. The highest BCUT2D eigenvalue weighted by Crippen LogP contribution is 2.26. The van der Waals surface area contributed by atoms with E-state index in [4.69, 9.17) is 0 Å². The van der Waals surface area contributed by atoms with Crippen LogP contribution >= 0.6 is 0 Å². The van der Waals surface area contributed by atoms with E-state index in [9.17, 15) is 4.79 Å². The molecule has 4 nitrogen and oxygen atoms in total. The van der Waals surface area contributed by atoms with Gasteiger partial charge in [0.05, 0.1) is 0 Å². The average Bonchev–Trinajstić information content (AvgIpc) is 3.07. The Bertz CT molecular complexity index is 1040. The second-order valence-electron chi connectivity index (χ2n) is 6.33. The van der Waals surface area contributed by atoms with Gasteiger partial charge in [-0.1, -0.05) is 24.3 Å². The summed E-state index contributed by atoms with van der Waals surface area (Å²) in [6.45, 7) is 4.78. The van der Waals surface area contributed by atoms with E-state index >= 15 is 0 Å². The minimum absolute atomic E-state index is 0.0297. The number of allylic oxidation sites excluding steroid dienone is 2. The number of pyridine rings is 1. The number of benzene rings is 1. The molecule has 124 valence electrons. The number of nitrogens with one attached hydrogen (secondary N) is 2. The van der Waals surface area contributed by atoms with Crippen LogP contribution in [0.25, 0.3) is 16.6 Å². The molecule has 0 amide bonds. The maximum Gasteiger partial charge on any atom is 0.195 e. The maximum atomic E-state index is 13.1. The molecule has 4 rings (SSSR count). The van der Waals surface area contributed by atoms with Gasteiger partial charge in [-0.15, -0.1) is 0 Å². The molecule has 3 aromatic rings. The number of H-pyrrole nitrogens is 1. The summed E-state index contributed by atoms with van der Waals surface area (Å²) in [7, 11) is 0. The van der Waals surface area contributed by atoms with Gasteiger partial charge in [0.1, 0.15) is 5.65 Å². The molecule has 0 unspecified atom stereocenters. The summed E-state index contributed by atoms with van der Waals surface area (Å²) in [6, 6.07) is 7.89. The van der Waals surface area contributed by atoms with Crippen molar-refractivity contribution in [3.05, 3.63) is 82.8 Å². The van der Waals surface area contributed by atoms with Gasteiger partial charge in [0.25, 0.3) is 0 Å². The van der Waals surface area contributed by atoms with Crippen LogP contribution in [0.4, 0.5) is 0 Å². The lowest BCUT2D eigenvalue weighted by atomic mass is 9.95.